The maximum atomic E-state index is 12.6. The standard InChI is InChI=1S/C20H28O7/c1-5-10(2)16(22)25-14-8-18(4,24)20-7-12-13(6-11(3)15(14)20)26-17(23)19(12,9-21)27-20/h5,11-15,21,24H,6-9H2,1-4H3. The normalized spacial score (nSPS) is 51.0. The molecule has 2 bridgehead atoms. The van der Waals surface area contributed by atoms with Crippen molar-refractivity contribution < 1.29 is 34.0 Å². The summed E-state index contributed by atoms with van der Waals surface area (Å²) in [6.45, 7) is 6.69. The summed E-state index contributed by atoms with van der Waals surface area (Å²) >= 11 is 0. The topological polar surface area (TPSA) is 102 Å². The Labute approximate surface area is 158 Å². The maximum absolute atomic E-state index is 12.6. The molecular weight excluding hydrogens is 352 g/mol. The first-order chi connectivity index (χ1) is 12.6. The molecule has 8 unspecified atom stereocenters. The Balaban J connectivity index is 1.76. The van der Waals surface area contributed by atoms with Gasteiger partial charge in [-0.3, -0.25) is 0 Å². The third kappa shape index (κ3) is 2.25. The minimum Gasteiger partial charge on any atom is -0.460 e. The molecule has 4 aliphatic rings. The SMILES string of the molecule is CC=C(C)C(=O)OC1CC(C)(O)C23CC4C(CC(C)C12)OC(=O)C4(CO)O3. The van der Waals surface area contributed by atoms with Crippen molar-refractivity contribution in [1.82, 2.24) is 0 Å². The molecule has 2 saturated carbocycles. The van der Waals surface area contributed by atoms with E-state index in [4.69, 9.17) is 14.2 Å². The van der Waals surface area contributed by atoms with E-state index in [2.05, 4.69) is 0 Å². The lowest BCUT2D eigenvalue weighted by atomic mass is 9.74. The number of carbonyl (C=O) groups excluding carboxylic acids is 2. The van der Waals surface area contributed by atoms with E-state index in [0.29, 0.717) is 18.4 Å². The first-order valence-corrected chi connectivity index (χ1v) is 9.70. The third-order valence-corrected chi connectivity index (χ3v) is 7.45. The lowest BCUT2D eigenvalue weighted by Gasteiger charge is -2.43. The highest BCUT2D eigenvalue weighted by Gasteiger charge is 2.78. The zero-order chi connectivity index (χ0) is 19.8. The van der Waals surface area contributed by atoms with Gasteiger partial charge in [-0.25, -0.2) is 9.59 Å². The van der Waals surface area contributed by atoms with Crippen LogP contribution >= 0.6 is 0 Å². The number of rotatable bonds is 3. The first-order valence-electron chi connectivity index (χ1n) is 9.70. The molecule has 0 aromatic heterocycles. The molecule has 2 aliphatic heterocycles. The van der Waals surface area contributed by atoms with Gasteiger partial charge in [0.15, 0.2) is 5.60 Å². The highest BCUT2D eigenvalue weighted by molar-refractivity contribution is 5.87. The highest BCUT2D eigenvalue weighted by atomic mass is 16.6. The first kappa shape index (κ1) is 18.9. The van der Waals surface area contributed by atoms with Crippen molar-refractivity contribution in [3.63, 3.8) is 0 Å². The molecule has 27 heavy (non-hydrogen) atoms. The van der Waals surface area contributed by atoms with Crippen LogP contribution in [0, 0.1) is 17.8 Å². The van der Waals surface area contributed by atoms with Crippen LogP contribution < -0.4 is 0 Å². The third-order valence-electron chi connectivity index (χ3n) is 7.45. The van der Waals surface area contributed by atoms with Gasteiger partial charge >= 0.3 is 11.9 Å². The molecule has 0 aromatic rings. The maximum Gasteiger partial charge on any atom is 0.341 e. The lowest BCUT2D eigenvalue weighted by Crippen LogP contribution is -2.56. The Hall–Kier alpha value is -1.44. The summed E-state index contributed by atoms with van der Waals surface area (Å²) in [5.74, 6) is -1.53. The van der Waals surface area contributed by atoms with E-state index in [0.717, 1.165) is 0 Å². The Morgan fingerprint density at radius 3 is 2.74 bits per heavy atom. The summed E-state index contributed by atoms with van der Waals surface area (Å²) in [5, 5.41) is 21.4. The van der Waals surface area contributed by atoms with E-state index < -0.39 is 41.5 Å². The van der Waals surface area contributed by atoms with Crippen LogP contribution in [0.5, 0.6) is 0 Å². The molecule has 0 radical (unpaired) electrons. The van der Waals surface area contributed by atoms with Crippen molar-refractivity contribution in [2.45, 2.75) is 76.0 Å². The predicted octanol–water partition coefficient (Wildman–Crippen LogP) is 1.11. The smallest absolute Gasteiger partial charge is 0.341 e. The van der Waals surface area contributed by atoms with Crippen molar-refractivity contribution in [2.24, 2.45) is 17.8 Å². The summed E-state index contributed by atoms with van der Waals surface area (Å²) in [4.78, 5) is 25.0. The number of hydrogen-bond acceptors (Lipinski definition) is 7. The Bertz CT molecular complexity index is 713. The molecule has 2 heterocycles. The molecule has 4 fully saturated rings. The van der Waals surface area contributed by atoms with Crippen molar-refractivity contribution >= 4 is 11.9 Å². The van der Waals surface area contributed by atoms with Gasteiger partial charge in [-0.15, -0.1) is 0 Å². The number of carbonyl (C=O) groups is 2. The molecule has 7 heteroatoms. The molecule has 0 aromatic carbocycles. The van der Waals surface area contributed by atoms with Gasteiger partial charge in [0.05, 0.1) is 12.2 Å². The van der Waals surface area contributed by atoms with Crippen LogP contribution in [0.3, 0.4) is 0 Å². The molecule has 2 N–H and O–H groups in total. The van der Waals surface area contributed by atoms with Crippen LogP contribution in [0.2, 0.25) is 0 Å². The summed E-state index contributed by atoms with van der Waals surface area (Å²) in [6, 6.07) is 0. The number of esters is 2. The van der Waals surface area contributed by atoms with E-state index in [1.165, 1.54) is 0 Å². The van der Waals surface area contributed by atoms with Gasteiger partial charge < -0.3 is 24.4 Å². The van der Waals surface area contributed by atoms with Crippen LogP contribution in [0.4, 0.5) is 0 Å². The molecule has 7 nitrogen and oxygen atoms in total. The molecule has 1 spiro atoms. The van der Waals surface area contributed by atoms with Crippen molar-refractivity contribution in [3.05, 3.63) is 11.6 Å². The summed E-state index contributed by atoms with van der Waals surface area (Å²) in [6.07, 6.45) is 2.05. The van der Waals surface area contributed by atoms with Crippen molar-refractivity contribution in [2.75, 3.05) is 6.61 Å². The zero-order valence-electron chi connectivity index (χ0n) is 16.2. The van der Waals surface area contributed by atoms with Gasteiger partial charge in [-0.05, 0) is 39.5 Å². The number of aliphatic hydroxyl groups is 2. The number of hydrogen-bond donors (Lipinski definition) is 2. The second kappa shape index (κ2) is 5.78. The van der Waals surface area contributed by atoms with Crippen LogP contribution in [0.15, 0.2) is 11.6 Å². The van der Waals surface area contributed by atoms with E-state index >= 15 is 0 Å². The van der Waals surface area contributed by atoms with Gasteiger partial charge in [-0.2, -0.15) is 0 Å². The average molecular weight is 380 g/mol. The van der Waals surface area contributed by atoms with Gasteiger partial charge in [0.1, 0.15) is 17.8 Å². The minimum absolute atomic E-state index is 0.0141. The Kier molecular flexibility index (Phi) is 4.05. The summed E-state index contributed by atoms with van der Waals surface area (Å²) < 4.78 is 17.6. The largest absolute Gasteiger partial charge is 0.460 e. The van der Waals surface area contributed by atoms with Gasteiger partial charge in [0.2, 0.25) is 0 Å². The van der Waals surface area contributed by atoms with E-state index in [1.54, 1.807) is 26.8 Å². The molecule has 4 rings (SSSR count). The molecule has 8 atom stereocenters. The average Bonchev–Trinajstić information content (AvgIpc) is 3.12. The Morgan fingerprint density at radius 1 is 1.41 bits per heavy atom. The van der Waals surface area contributed by atoms with Crippen LogP contribution in [0.25, 0.3) is 0 Å². The fourth-order valence-electron chi connectivity index (χ4n) is 5.99. The van der Waals surface area contributed by atoms with Crippen LogP contribution in [-0.4, -0.2) is 57.8 Å². The van der Waals surface area contributed by atoms with E-state index in [-0.39, 0.29) is 30.3 Å². The van der Waals surface area contributed by atoms with E-state index in [9.17, 15) is 19.8 Å². The summed E-state index contributed by atoms with van der Waals surface area (Å²) in [7, 11) is 0. The molecule has 150 valence electrons. The second-order valence-corrected chi connectivity index (χ2v) is 8.93. The number of allylic oxidation sites excluding steroid dienone is 1. The van der Waals surface area contributed by atoms with Crippen LogP contribution in [-0.2, 0) is 23.8 Å². The number of aliphatic hydroxyl groups excluding tert-OH is 1. The van der Waals surface area contributed by atoms with E-state index in [1.807, 2.05) is 6.92 Å². The summed E-state index contributed by atoms with van der Waals surface area (Å²) in [5.41, 5.74) is -3.26. The van der Waals surface area contributed by atoms with Gasteiger partial charge in [-0.1, -0.05) is 13.0 Å². The van der Waals surface area contributed by atoms with Crippen LogP contribution in [0.1, 0.15) is 47.0 Å². The zero-order valence-corrected chi connectivity index (χ0v) is 16.2. The molecule has 2 saturated heterocycles. The van der Waals surface area contributed by atoms with Crippen molar-refractivity contribution in [1.29, 1.82) is 0 Å². The fraction of sp³-hybridized carbons (Fsp3) is 0.800. The second-order valence-electron chi connectivity index (χ2n) is 8.93. The van der Waals surface area contributed by atoms with Gasteiger partial charge in [0.25, 0.3) is 0 Å². The quantitative estimate of drug-likeness (QED) is 0.558. The van der Waals surface area contributed by atoms with Crippen molar-refractivity contribution in [3.8, 4) is 0 Å². The molecular formula is C20H28O7. The Morgan fingerprint density at radius 2 is 2.11 bits per heavy atom. The molecule has 2 aliphatic carbocycles. The lowest BCUT2D eigenvalue weighted by molar-refractivity contribution is -0.219. The fourth-order valence-corrected chi connectivity index (χ4v) is 5.99. The minimum atomic E-state index is -1.43. The van der Waals surface area contributed by atoms with Gasteiger partial charge in [0, 0.05) is 23.8 Å². The number of ether oxygens (including phenoxy) is 3. The molecule has 0 amide bonds. The predicted molar refractivity (Wildman–Crippen MR) is 93.4 cm³/mol. The highest BCUT2D eigenvalue weighted by Crippen LogP contribution is 2.65. The monoisotopic (exact) mass is 380 g/mol.